The van der Waals surface area contributed by atoms with Gasteiger partial charge in [-0.1, -0.05) is 12.8 Å². The van der Waals surface area contributed by atoms with Crippen LogP contribution in [0.25, 0.3) is 0 Å². The van der Waals surface area contributed by atoms with Gasteiger partial charge in [-0.15, -0.1) is 0 Å². The maximum atomic E-state index is 11.5. The van der Waals surface area contributed by atoms with Crippen molar-refractivity contribution < 1.29 is 9.59 Å². The smallest absolute Gasteiger partial charge is 0.310 e. The Kier molecular flexibility index (Phi) is 5.84. The number of carbonyl (C=O) groups is 2. The van der Waals surface area contributed by atoms with Crippen molar-refractivity contribution in [3.63, 3.8) is 0 Å². The van der Waals surface area contributed by atoms with Gasteiger partial charge in [-0.25, -0.2) is 0 Å². The number of nitrogens with zero attached hydrogens (tertiary/aromatic N) is 1. The van der Waals surface area contributed by atoms with Crippen LogP contribution in [0.5, 0.6) is 0 Å². The van der Waals surface area contributed by atoms with Crippen molar-refractivity contribution in [1.29, 1.82) is 5.26 Å². The molecule has 0 aromatic heterocycles. The molecule has 17 heavy (non-hydrogen) atoms. The number of rotatable bonds is 3. The highest BCUT2D eigenvalue weighted by atomic mass is 32.2. The second kappa shape index (κ2) is 7.17. The largest absolute Gasteiger partial charge is 0.344 e. The van der Waals surface area contributed by atoms with Gasteiger partial charge in [0.2, 0.25) is 0 Å². The predicted octanol–water partition coefficient (Wildman–Crippen LogP) is 0.417. The van der Waals surface area contributed by atoms with Crippen molar-refractivity contribution in [3.05, 3.63) is 0 Å². The molecule has 6 heteroatoms. The van der Waals surface area contributed by atoms with Crippen LogP contribution in [0.4, 0.5) is 0 Å². The average molecular weight is 255 g/mol. The van der Waals surface area contributed by atoms with Crippen LogP contribution in [-0.2, 0) is 9.59 Å². The number of nitrogens with one attached hydrogen (secondary N) is 2. The molecule has 1 aliphatic carbocycles. The minimum absolute atomic E-state index is 0.0686. The number of amides is 2. The summed E-state index contributed by atoms with van der Waals surface area (Å²) in [6.45, 7) is -0.136. The van der Waals surface area contributed by atoms with E-state index in [0.29, 0.717) is 5.25 Å². The highest BCUT2D eigenvalue weighted by Crippen LogP contribution is 2.26. The molecule has 2 atom stereocenters. The normalized spacial score (nSPS) is 23.5. The van der Waals surface area contributed by atoms with Crippen LogP contribution >= 0.6 is 11.8 Å². The molecular formula is C11H17N3O2S. The van der Waals surface area contributed by atoms with Gasteiger partial charge in [-0.05, 0) is 19.1 Å². The molecule has 0 heterocycles. The number of hydrogen-bond acceptors (Lipinski definition) is 4. The van der Waals surface area contributed by atoms with E-state index in [0.717, 1.165) is 19.3 Å². The van der Waals surface area contributed by atoms with E-state index in [1.807, 2.05) is 6.26 Å². The lowest BCUT2D eigenvalue weighted by Crippen LogP contribution is -2.49. The molecule has 0 bridgehead atoms. The summed E-state index contributed by atoms with van der Waals surface area (Å²) in [5.74, 6) is -1.36. The summed E-state index contributed by atoms with van der Waals surface area (Å²) >= 11 is 1.73. The van der Waals surface area contributed by atoms with Gasteiger partial charge in [-0.2, -0.15) is 17.0 Å². The standard InChI is InChI=1S/C11H17N3O2S/c1-17-9-5-3-2-4-8(9)14-11(16)10(15)13-7-6-12/h8-9H,2-5,7H2,1H3,(H,13,15)(H,14,16). The number of hydrogen-bond donors (Lipinski definition) is 2. The quantitative estimate of drug-likeness (QED) is 0.565. The molecule has 0 aromatic rings. The molecule has 0 saturated heterocycles. The van der Waals surface area contributed by atoms with Gasteiger partial charge >= 0.3 is 11.8 Å². The zero-order valence-electron chi connectivity index (χ0n) is 9.86. The van der Waals surface area contributed by atoms with Gasteiger partial charge in [0.15, 0.2) is 0 Å². The Morgan fingerprint density at radius 3 is 2.71 bits per heavy atom. The second-order valence-corrected chi connectivity index (χ2v) is 5.06. The van der Waals surface area contributed by atoms with E-state index in [-0.39, 0.29) is 12.6 Å². The van der Waals surface area contributed by atoms with Crippen LogP contribution in [-0.4, -0.2) is 35.9 Å². The number of thioether (sulfide) groups is 1. The van der Waals surface area contributed by atoms with Crippen LogP contribution < -0.4 is 10.6 Å². The molecule has 1 aliphatic rings. The van der Waals surface area contributed by atoms with Gasteiger partial charge in [0.25, 0.3) is 0 Å². The van der Waals surface area contributed by atoms with E-state index in [9.17, 15) is 9.59 Å². The third-order valence-corrected chi connectivity index (χ3v) is 4.03. The Hall–Kier alpha value is -1.22. The van der Waals surface area contributed by atoms with Crippen molar-refractivity contribution in [3.8, 4) is 6.07 Å². The van der Waals surface area contributed by atoms with Crippen LogP contribution in [0.1, 0.15) is 25.7 Å². The molecule has 0 aliphatic heterocycles. The van der Waals surface area contributed by atoms with Crippen molar-refractivity contribution in [2.24, 2.45) is 0 Å². The van der Waals surface area contributed by atoms with Crippen LogP contribution in [0, 0.1) is 11.3 Å². The summed E-state index contributed by atoms with van der Waals surface area (Å²) in [7, 11) is 0. The van der Waals surface area contributed by atoms with Gasteiger partial charge in [-0.3, -0.25) is 9.59 Å². The lowest BCUT2D eigenvalue weighted by Gasteiger charge is -2.30. The molecule has 1 fully saturated rings. The number of nitriles is 1. The first-order chi connectivity index (χ1) is 8.19. The third kappa shape index (κ3) is 4.27. The maximum Gasteiger partial charge on any atom is 0.310 e. The second-order valence-electron chi connectivity index (χ2n) is 3.98. The fraction of sp³-hybridized carbons (Fsp3) is 0.727. The first-order valence-electron chi connectivity index (χ1n) is 5.67. The first-order valence-corrected chi connectivity index (χ1v) is 6.96. The maximum absolute atomic E-state index is 11.5. The van der Waals surface area contributed by atoms with Crippen molar-refractivity contribution in [2.45, 2.75) is 37.0 Å². The Balaban J connectivity index is 2.43. The summed E-state index contributed by atoms with van der Waals surface area (Å²) in [5, 5.41) is 13.7. The minimum Gasteiger partial charge on any atom is -0.344 e. The van der Waals surface area contributed by atoms with E-state index >= 15 is 0 Å². The molecule has 94 valence electrons. The van der Waals surface area contributed by atoms with Crippen molar-refractivity contribution in [1.82, 2.24) is 10.6 Å². The van der Waals surface area contributed by atoms with E-state index in [1.165, 1.54) is 6.42 Å². The van der Waals surface area contributed by atoms with Gasteiger partial charge in [0.1, 0.15) is 6.54 Å². The Bertz CT molecular complexity index is 327. The lowest BCUT2D eigenvalue weighted by atomic mass is 9.95. The fourth-order valence-electron chi connectivity index (χ4n) is 1.98. The lowest BCUT2D eigenvalue weighted by molar-refractivity contribution is -0.139. The molecule has 0 aromatic carbocycles. The monoisotopic (exact) mass is 255 g/mol. The van der Waals surface area contributed by atoms with Gasteiger partial charge in [0.05, 0.1) is 6.07 Å². The molecule has 0 spiro atoms. The minimum atomic E-state index is -0.725. The molecule has 2 unspecified atom stereocenters. The van der Waals surface area contributed by atoms with Crippen LogP contribution in [0.3, 0.4) is 0 Å². The van der Waals surface area contributed by atoms with Crippen LogP contribution in [0.15, 0.2) is 0 Å². The molecule has 1 saturated carbocycles. The summed E-state index contributed by atoms with van der Waals surface area (Å²) in [5.41, 5.74) is 0. The SMILES string of the molecule is CSC1CCCCC1NC(=O)C(=O)NCC#N. The van der Waals surface area contributed by atoms with E-state index in [4.69, 9.17) is 5.26 Å². The van der Waals surface area contributed by atoms with Crippen molar-refractivity contribution >= 4 is 23.6 Å². The zero-order valence-corrected chi connectivity index (χ0v) is 10.7. The Morgan fingerprint density at radius 2 is 2.06 bits per heavy atom. The molecule has 5 nitrogen and oxygen atoms in total. The zero-order chi connectivity index (χ0) is 12.7. The average Bonchev–Trinajstić information content (AvgIpc) is 2.36. The van der Waals surface area contributed by atoms with E-state index < -0.39 is 11.8 Å². The van der Waals surface area contributed by atoms with Gasteiger partial charge in [0, 0.05) is 11.3 Å². The molecule has 2 amide bonds. The molecular weight excluding hydrogens is 238 g/mol. The Morgan fingerprint density at radius 1 is 1.35 bits per heavy atom. The summed E-state index contributed by atoms with van der Waals surface area (Å²) < 4.78 is 0. The fourth-order valence-corrected chi connectivity index (χ4v) is 2.91. The third-order valence-electron chi connectivity index (χ3n) is 2.86. The summed E-state index contributed by atoms with van der Waals surface area (Å²) in [4.78, 5) is 22.8. The summed E-state index contributed by atoms with van der Waals surface area (Å²) in [6.07, 6.45) is 6.28. The van der Waals surface area contributed by atoms with E-state index in [2.05, 4.69) is 10.6 Å². The van der Waals surface area contributed by atoms with Crippen LogP contribution in [0.2, 0.25) is 0 Å². The number of carbonyl (C=O) groups excluding carboxylic acids is 2. The first kappa shape index (κ1) is 13.8. The molecule has 2 N–H and O–H groups in total. The highest BCUT2D eigenvalue weighted by molar-refractivity contribution is 7.99. The van der Waals surface area contributed by atoms with Gasteiger partial charge < -0.3 is 10.6 Å². The van der Waals surface area contributed by atoms with Crippen molar-refractivity contribution in [2.75, 3.05) is 12.8 Å². The van der Waals surface area contributed by atoms with E-state index in [1.54, 1.807) is 17.8 Å². The molecule has 1 rings (SSSR count). The Labute approximate surface area is 105 Å². The highest BCUT2D eigenvalue weighted by Gasteiger charge is 2.27. The predicted molar refractivity (Wildman–Crippen MR) is 66.3 cm³/mol. The molecule has 0 radical (unpaired) electrons. The topological polar surface area (TPSA) is 82.0 Å². The summed E-state index contributed by atoms with van der Waals surface area (Å²) in [6, 6.07) is 1.83.